The number of carbonyl (C=O) groups excluding carboxylic acids is 2. The summed E-state index contributed by atoms with van der Waals surface area (Å²) in [6.45, 7) is 0.0507. The number of para-hydroxylation sites is 1. The lowest BCUT2D eigenvalue weighted by Gasteiger charge is -2.08. The molecule has 4 rings (SSSR count). The summed E-state index contributed by atoms with van der Waals surface area (Å²) in [4.78, 5) is 40.2. The minimum Gasteiger partial charge on any atom is -0.457 e. The van der Waals surface area contributed by atoms with Crippen molar-refractivity contribution in [3.8, 4) is 0 Å². The van der Waals surface area contributed by atoms with Gasteiger partial charge in [-0.25, -0.2) is 9.78 Å². The molecule has 2 heterocycles. The molecule has 0 unspecified atom stereocenters. The van der Waals surface area contributed by atoms with E-state index in [1.807, 2.05) is 0 Å². The van der Waals surface area contributed by atoms with Gasteiger partial charge in [0.15, 0.2) is 0 Å². The Morgan fingerprint density at radius 3 is 2.92 bits per heavy atom. The lowest BCUT2D eigenvalue weighted by atomic mass is 10.1. The SMILES string of the molecule is O=C(Cn1cnc2ccccc2c1=O)Nc1ccc2c(c1)COC2=O. The summed E-state index contributed by atoms with van der Waals surface area (Å²) in [7, 11) is 0. The third-order valence-corrected chi connectivity index (χ3v) is 4.01. The van der Waals surface area contributed by atoms with Gasteiger partial charge >= 0.3 is 5.97 Å². The molecule has 25 heavy (non-hydrogen) atoms. The Morgan fingerprint density at radius 2 is 2.04 bits per heavy atom. The van der Waals surface area contributed by atoms with Crippen molar-refractivity contribution in [2.45, 2.75) is 13.2 Å². The van der Waals surface area contributed by atoms with Crippen molar-refractivity contribution >= 4 is 28.5 Å². The Bertz CT molecular complexity index is 1070. The molecule has 7 heteroatoms. The number of benzene rings is 2. The number of anilines is 1. The summed E-state index contributed by atoms with van der Waals surface area (Å²) in [5.74, 6) is -0.717. The van der Waals surface area contributed by atoms with E-state index in [2.05, 4.69) is 10.3 Å². The Morgan fingerprint density at radius 1 is 1.20 bits per heavy atom. The molecule has 1 aromatic heterocycles. The first-order valence-corrected chi connectivity index (χ1v) is 7.66. The van der Waals surface area contributed by atoms with Gasteiger partial charge in [0.25, 0.3) is 5.56 Å². The number of cyclic esters (lactones) is 1. The Kier molecular flexibility index (Phi) is 3.53. The number of rotatable bonds is 3. The number of aromatic nitrogens is 2. The first kappa shape index (κ1) is 15.1. The quantitative estimate of drug-likeness (QED) is 0.736. The minimum atomic E-state index is -0.360. The van der Waals surface area contributed by atoms with Crippen LogP contribution in [0.3, 0.4) is 0 Å². The highest BCUT2D eigenvalue weighted by molar-refractivity contribution is 5.95. The first-order chi connectivity index (χ1) is 12.1. The summed E-state index contributed by atoms with van der Waals surface area (Å²) in [5, 5.41) is 3.18. The minimum absolute atomic E-state index is 0.150. The predicted molar refractivity (Wildman–Crippen MR) is 90.2 cm³/mol. The fraction of sp³-hybridized carbons (Fsp3) is 0.111. The fourth-order valence-electron chi connectivity index (χ4n) is 2.79. The van der Waals surface area contributed by atoms with Crippen LogP contribution in [-0.2, 0) is 22.7 Å². The average molecular weight is 335 g/mol. The second-order valence-electron chi connectivity index (χ2n) is 5.69. The van der Waals surface area contributed by atoms with Crippen molar-refractivity contribution in [2.75, 3.05) is 5.32 Å². The molecule has 7 nitrogen and oxygen atoms in total. The second kappa shape index (κ2) is 5.86. The van der Waals surface area contributed by atoms with Crippen LogP contribution in [0.1, 0.15) is 15.9 Å². The molecule has 0 aliphatic carbocycles. The lowest BCUT2D eigenvalue weighted by Crippen LogP contribution is -2.27. The Labute approximate surface area is 141 Å². The number of hydrogen-bond acceptors (Lipinski definition) is 5. The van der Waals surface area contributed by atoms with Gasteiger partial charge in [0.2, 0.25) is 5.91 Å². The van der Waals surface area contributed by atoms with Gasteiger partial charge in [-0.05, 0) is 30.3 Å². The van der Waals surface area contributed by atoms with Crippen molar-refractivity contribution in [1.82, 2.24) is 9.55 Å². The third kappa shape index (κ3) is 2.76. The molecule has 0 fully saturated rings. The topological polar surface area (TPSA) is 90.3 Å². The van der Waals surface area contributed by atoms with Gasteiger partial charge in [0, 0.05) is 11.3 Å². The standard InChI is InChI=1S/C18H13N3O4/c22-16(20-12-5-6-13-11(7-12)9-25-18(13)24)8-21-10-19-15-4-2-1-3-14(15)17(21)23/h1-7,10H,8-9H2,(H,20,22). The van der Waals surface area contributed by atoms with Crippen LogP contribution >= 0.6 is 0 Å². The molecule has 1 amide bonds. The van der Waals surface area contributed by atoms with E-state index in [0.717, 1.165) is 5.56 Å². The number of nitrogens with zero attached hydrogens (tertiary/aromatic N) is 2. The summed E-state index contributed by atoms with van der Waals surface area (Å²) >= 11 is 0. The van der Waals surface area contributed by atoms with Gasteiger partial charge in [0.05, 0.1) is 22.8 Å². The van der Waals surface area contributed by atoms with Gasteiger partial charge in [-0.2, -0.15) is 0 Å². The van der Waals surface area contributed by atoms with Crippen LogP contribution in [-0.4, -0.2) is 21.4 Å². The maximum absolute atomic E-state index is 12.4. The first-order valence-electron chi connectivity index (χ1n) is 7.66. The van der Waals surface area contributed by atoms with E-state index in [1.165, 1.54) is 10.9 Å². The monoisotopic (exact) mass is 335 g/mol. The summed E-state index contributed by atoms with van der Waals surface area (Å²) in [6.07, 6.45) is 1.36. The van der Waals surface area contributed by atoms with E-state index >= 15 is 0 Å². The zero-order valence-electron chi connectivity index (χ0n) is 13.1. The van der Waals surface area contributed by atoms with Gasteiger partial charge in [-0.1, -0.05) is 12.1 Å². The van der Waals surface area contributed by atoms with Gasteiger partial charge in [-0.15, -0.1) is 0 Å². The number of nitrogens with one attached hydrogen (secondary N) is 1. The maximum Gasteiger partial charge on any atom is 0.338 e. The van der Waals surface area contributed by atoms with E-state index in [0.29, 0.717) is 22.2 Å². The van der Waals surface area contributed by atoms with Gasteiger partial charge in [0.1, 0.15) is 13.2 Å². The van der Waals surface area contributed by atoms with E-state index in [1.54, 1.807) is 42.5 Å². The number of fused-ring (bicyclic) bond motifs is 2. The highest BCUT2D eigenvalue weighted by Gasteiger charge is 2.21. The van der Waals surface area contributed by atoms with Gasteiger partial charge in [-0.3, -0.25) is 14.2 Å². The molecule has 1 aliphatic heterocycles. The van der Waals surface area contributed by atoms with Crippen LogP contribution in [0.5, 0.6) is 0 Å². The van der Waals surface area contributed by atoms with Crippen molar-refractivity contribution in [1.29, 1.82) is 0 Å². The van der Waals surface area contributed by atoms with Crippen LogP contribution < -0.4 is 10.9 Å². The van der Waals surface area contributed by atoms with Crippen LogP contribution in [0.15, 0.2) is 53.6 Å². The molecule has 0 saturated heterocycles. The maximum atomic E-state index is 12.4. The van der Waals surface area contributed by atoms with E-state index in [9.17, 15) is 14.4 Å². The Balaban J connectivity index is 1.54. The van der Waals surface area contributed by atoms with Crippen LogP contribution in [0.4, 0.5) is 5.69 Å². The molecule has 0 bridgehead atoms. The summed E-state index contributed by atoms with van der Waals surface area (Å²) in [6, 6.07) is 11.9. The van der Waals surface area contributed by atoms with E-state index in [-0.39, 0.29) is 30.6 Å². The summed E-state index contributed by atoms with van der Waals surface area (Å²) in [5.41, 5.74) is 2.10. The van der Waals surface area contributed by atoms with Crippen LogP contribution in [0, 0.1) is 0 Å². The highest BCUT2D eigenvalue weighted by atomic mass is 16.5. The molecule has 124 valence electrons. The molecule has 1 aliphatic rings. The predicted octanol–water partition coefficient (Wildman–Crippen LogP) is 1.71. The molecule has 0 atom stereocenters. The zero-order chi connectivity index (χ0) is 17.4. The largest absolute Gasteiger partial charge is 0.457 e. The average Bonchev–Trinajstić information content (AvgIpc) is 2.98. The third-order valence-electron chi connectivity index (χ3n) is 4.01. The van der Waals surface area contributed by atoms with Crippen LogP contribution in [0.25, 0.3) is 10.9 Å². The second-order valence-corrected chi connectivity index (χ2v) is 5.69. The van der Waals surface area contributed by atoms with Gasteiger partial charge < -0.3 is 10.1 Å². The number of carbonyl (C=O) groups is 2. The van der Waals surface area contributed by atoms with E-state index in [4.69, 9.17) is 4.74 Å². The highest BCUT2D eigenvalue weighted by Crippen LogP contribution is 2.23. The molecular weight excluding hydrogens is 322 g/mol. The molecule has 1 N–H and O–H groups in total. The van der Waals surface area contributed by atoms with Crippen molar-refractivity contribution in [3.05, 3.63) is 70.3 Å². The van der Waals surface area contributed by atoms with Crippen LogP contribution in [0.2, 0.25) is 0 Å². The van der Waals surface area contributed by atoms with E-state index < -0.39 is 0 Å². The molecule has 0 radical (unpaired) electrons. The number of amides is 1. The fourth-order valence-corrected chi connectivity index (χ4v) is 2.79. The number of ether oxygens (including phenoxy) is 1. The molecule has 2 aromatic carbocycles. The number of hydrogen-bond donors (Lipinski definition) is 1. The molecule has 0 spiro atoms. The Hall–Kier alpha value is -3.48. The van der Waals surface area contributed by atoms with Crippen molar-refractivity contribution in [3.63, 3.8) is 0 Å². The molecule has 3 aromatic rings. The smallest absolute Gasteiger partial charge is 0.338 e. The molecular formula is C18H13N3O4. The lowest BCUT2D eigenvalue weighted by molar-refractivity contribution is -0.116. The summed E-state index contributed by atoms with van der Waals surface area (Å²) < 4.78 is 6.19. The normalized spacial score (nSPS) is 12.7. The zero-order valence-corrected chi connectivity index (χ0v) is 13.1. The van der Waals surface area contributed by atoms with Crippen molar-refractivity contribution < 1.29 is 14.3 Å². The van der Waals surface area contributed by atoms with Crippen molar-refractivity contribution in [2.24, 2.45) is 0 Å². The number of esters is 1. The molecule has 0 saturated carbocycles.